The van der Waals surface area contributed by atoms with Gasteiger partial charge < -0.3 is 9.80 Å². The molecule has 0 aliphatic heterocycles. The normalized spacial score (nSPS) is 14.6. The summed E-state index contributed by atoms with van der Waals surface area (Å²) in [6.07, 6.45) is 12.3. The molecule has 2 N–H and O–H groups in total. The molecule has 0 saturated carbocycles. The van der Waals surface area contributed by atoms with Gasteiger partial charge in [0.25, 0.3) is 16.0 Å². The van der Waals surface area contributed by atoms with E-state index < -0.39 is 15.4 Å². The monoisotopic (exact) mass is 421 g/mol. The number of quaternary nitrogens is 1. The minimum absolute atomic E-state index is 0.0339. The molecule has 0 fully saturated rings. The van der Waals surface area contributed by atoms with Crippen molar-refractivity contribution in [1.29, 1.82) is 0 Å². The van der Waals surface area contributed by atoms with Gasteiger partial charge in [-0.05, 0) is 13.3 Å². The third-order valence-corrected chi connectivity index (χ3v) is 6.99. The molecule has 6 nitrogen and oxygen atoms in total. The summed E-state index contributed by atoms with van der Waals surface area (Å²) in [5, 5.41) is 2.24. The number of hydrogen-bond donors (Lipinski definition) is 2. The van der Waals surface area contributed by atoms with Crippen LogP contribution >= 0.6 is 0 Å². The molecule has 0 spiro atoms. The quantitative estimate of drug-likeness (QED) is 0.210. The first-order valence-electron chi connectivity index (χ1n) is 11.1. The van der Waals surface area contributed by atoms with Gasteiger partial charge in [-0.1, -0.05) is 65.2 Å². The standard InChI is InChI=1S/C21H44N2O4S/c1-6-8-9-10-11-12-13-14-15-17-22-21(24)20(7-2)23(4,5)18-16-19(3)28(25,26)27/h19-20H,6-18H2,1-5H3,(H-,22,24,25,26,27)/p+1. The van der Waals surface area contributed by atoms with Crippen molar-refractivity contribution in [3.8, 4) is 0 Å². The Labute approximate surface area is 173 Å². The zero-order chi connectivity index (χ0) is 21.6. The van der Waals surface area contributed by atoms with Crippen molar-refractivity contribution >= 4 is 16.0 Å². The second kappa shape index (κ2) is 14.3. The Bertz CT molecular complexity index is 520. The van der Waals surface area contributed by atoms with Crippen LogP contribution in [-0.4, -0.2) is 61.8 Å². The van der Waals surface area contributed by atoms with E-state index in [-0.39, 0.29) is 11.9 Å². The van der Waals surface area contributed by atoms with E-state index in [0.29, 0.717) is 30.4 Å². The summed E-state index contributed by atoms with van der Waals surface area (Å²) in [7, 11) is -0.126. The highest BCUT2D eigenvalue weighted by Crippen LogP contribution is 2.15. The summed E-state index contributed by atoms with van der Waals surface area (Å²) in [5.74, 6) is 0.0339. The molecule has 7 heteroatoms. The highest BCUT2D eigenvalue weighted by atomic mass is 32.2. The number of nitrogens with one attached hydrogen (secondary N) is 1. The van der Waals surface area contributed by atoms with Crippen molar-refractivity contribution in [2.24, 2.45) is 0 Å². The summed E-state index contributed by atoms with van der Waals surface area (Å²) in [6.45, 7) is 6.93. The van der Waals surface area contributed by atoms with Crippen molar-refractivity contribution in [2.45, 2.75) is 103 Å². The molecule has 0 aromatic carbocycles. The molecule has 28 heavy (non-hydrogen) atoms. The number of hydrogen-bond acceptors (Lipinski definition) is 3. The number of unbranched alkanes of at least 4 members (excludes halogenated alkanes) is 8. The predicted molar refractivity (Wildman–Crippen MR) is 117 cm³/mol. The Morgan fingerprint density at radius 1 is 0.964 bits per heavy atom. The molecule has 0 bridgehead atoms. The Balaban J connectivity index is 4.13. The van der Waals surface area contributed by atoms with Gasteiger partial charge in [0.15, 0.2) is 6.04 Å². The molecule has 0 saturated heterocycles. The molecule has 2 unspecified atom stereocenters. The molecule has 0 aromatic rings. The summed E-state index contributed by atoms with van der Waals surface area (Å²) in [4.78, 5) is 12.6. The van der Waals surface area contributed by atoms with Crippen molar-refractivity contribution < 1.29 is 22.2 Å². The van der Waals surface area contributed by atoms with Crippen LogP contribution in [0.4, 0.5) is 0 Å². The van der Waals surface area contributed by atoms with Crippen LogP contribution in [-0.2, 0) is 14.9 Å². The van der Waals surface area contributed by atoms with Crippen molar-refractivity contribution in [1.82, 2.24) is 5.32 Å². The van der Waals surface area contributed by atoms with E-state index in [1.54, 1.807) is 0 Å². The van der Waals surface area contributed by atoms with Gasteiger partial charge in [-0.3, -0.25) is 9.35 Å². The second-order valence-electron chi connectivity index (χ2n) is 8.66. The SMILES string of the molecule is CCCCCCCCCCCNC(=O)C(CC)[N+](C)(C)CCC(C)S(=O)(=O)O. The summed E-state index contributed by atoms with van der Waals surface area (Å²) >= 11 is 0. The second-order valence-corrected chi connectivity index (χ2v) is 10.5. The Kier molecular flexibility index (Phi) is 14.0. The summed E-state index contributed by atoms with van der Waals surface area (Å²) in [5.41, 5.74) is 0. The average Bonchev–Trinajstić information content (AvgIpc) is 2.60. The molecule has 0 aromatic heterocycles. The van der Waals surface area contributed by atoms with Gasteiger partial charge in [-0.15, -0.1) is 0 Å². The van der Waals surface area contributed by atoms with Gasteiger partial charge >= 0.3 is 0 Å². The molecule has 0 aliphatic rings. The molecular weight excluding hydrogens is 376 g/mol. The van der Waals surface area contributed by atoms with Crippen LogP contribution in [0.15, 0.2) is 0 Å². The van der Waals surface area contributed by atoms with E-state index in [4.69, 9.17) is 4.55 Å². The van der Waals surface area contributed by atoms with Gasteiger partial charge in [-0.2, -0.15) is 8.42 Å². The first-order valence-corrected chi connectivity index (χ1v) is 12.6. The fraction of sp³-hybridized carbons (Fsp3) is 0.952. The van der Waals surface area contributed by atoms with E-state index in [0.717, 1.165) is 12.8 Å². The molecule has 2 atom stereocenters. The van der Waals surface area contributed by atoms with Gasteiger partial charge in [-0.25, -0.2) is 0 Å². The molecule has 0 rings (SSSR count). The Morgan fingerprint density at radius 3 is 1.93 bits per heavy atom. The van der Waals surface area contributed by atoms with E-state index in [2.05, 4.69) is 12.2 Å². The van der Waals surface area contributed by atoms with Crippen molar-refractivity contribution in [2.75, 3.05) is 27.2 Å². The molecule has 0 radical (unpaired) electrons. The highest BCUT2D eigenvalue weighted by Gasteiger charge is 2.34. The number of rotatable bonds is 17. The van der Waals surface area contributed by atoms with Gasteiger partial charge in [0.05, 0.1) is 25.9 Å². The smallest absolute Gasteiger partial charge is 0.278 e. The van der Waals surface area contributed by atoms with Crippen LogP contribution in [0.2, 0.25) is 0 Å². The van der Waals surface area contributed by atoms with Crippen LogP contribution in [0.1, 0.15) is 91.4 Å². The summed E-state index contributed by atoms with van der Waals surface area (Å²) in [6, 6.07) is -0.216. The number of carbonyl (C=O) groups excluding carboxylic acids is 1. The van der Waals surface area contributed by atoms with E-state index >= 15 is 0 Å². The predicted octanol–water partition coefficient (Wildman–Crippen LogP) is 4.15. The van der Waals surface area contributed by atoms with E-state index in [1.165, 1.54) is 51.9 Å². The molecule has 0 heterocycles. The fourth-order valence-electron chi connectivity index (χ4n) is 3.58. The lowest BCUT2D eigenvalue weighted by Gasteiger charge is -2.37. The lowest BCUT2D eigenvalue weighted by atomic mass is 10.1. The van der Waals surface area contributed by atoms with Crippen LogP contribution in [0.3, 0.4) is 0 Å². The summed E-state index contributed by atoms with van der Waals surface area (Å²) < 4.78 is 32.0. The van der Waals surface area contributed by atoms with Crippen molar-refractivity contribution in [3.63, 3.8) is 0 Å². The Hall–Kier alpha value is -0.660. The van der Waals surface area contributed by atoms with Crippen LogP contribution in [0, 0.1) is 0 Å². The number of nitrogens with zero attached hydrogens (tertiary/aromatic N) is 1. The lowest BCUT2D eigenvalue weighted by molar-refractivity contribution is -0.906. The molecular formula is C21H45N2O4S+. The topological polar surface area (TPSA) is 83.5 Å². The van der Waals surface area contributed by atoms with E-state index in [9.17, 15) is 13.2 Å². The van der Waals surface area contributed by atoms with Gasteiger partial charge in [0.2, 0.25) is 0 Å². The van der Waals surface area contributed by atoms with Crippen LogP contribution < -0.4 is 5.32 Å². The third kappa shape index (κ3) is 12.0. The number of amides is 1. The average molecular weight is 422 g/mol. The number of carbonyl (C=O) groups is 1. The minimum atomic E-state index is -4.02. The maximum Gasteiger partial charge on any atom is 0.278 e. The Morgan fingerprint density at radius 2 is 1.46 bits per heavy atom. The van der Waals surface area contributed by atoms with E-state index in [1.807, 2.05) is 21.0 Å². The lowest BCUT2D eigenvalue weighted by Crippen LogP contribution is -2.57. The number of likely N-dealkylation sites (N-methyl/N-ethyl adjacent to an activating group) is 1. The van der Waals surface area contributed by atoms with Gasteiger partial charge in [0.1, 0.15) is 0 Å². The first-order chi connectivity index (χ1) is 13.1. The zero-order valence-corrected chi connectivity index (χ0v) is 19.7. The maximum absolute atomic E-state index is 12.6. The molecule has 168 valence electrons. The zero-order valence-electron chi connectivity index (χ0n) is 18.9. The third-order valence-electron chi connectivity index (χ3n) is 5.73. The maximum atomic E-state index is 12.6. The first kappa shape index (κ1) is 27.3. The minimum Gasteiger partial charge on any atom is -0.351 e. The highest BCUT2D eigenvalue weighted by molar-refractivity contribution is 7.86. The molecule has 1 amide bonds. The van der Waals surface area contributed by atoms with Gasteiger partial charge in [0, 0.05) is 19.4 Å². The van der Waals surface area contributed by atoms with Crippen molar-refractivity contribution in [3.05, 3.63) is 0 Å². The van der Waals surface area contributed by atoms with Crippen LogP contribution in [0.25, 0.3) is 0 Å². The van der Waals surface area contributed by atoms with Crippen LogP contribution in [0.5, 0.6) is 0 Å². The fourth-order valence-corrected chi connectivity index (χ4v) is 3.98. The molecule has 0 aliphatic carbocycles. The largest absolute Gasteiger partial charge is 0.351 e.